The van der Waals surface area contributed by atoms with Crippen molar-refractivity contribution in [2.45, 2.75) is 83.6 Å². The first kappa shape index (κ1) is 15.5. The largest absolute Gasteiger partial charge is 0.337 e. The van der Waals surface area contributed by atoms with Crippen LogP contribution in [-0.2, 0) is 5.54 Å². The topological polar surface area (TPSA) is 64.9 Å². The monoisotopic (exact) mass is 279 g/mol. The molecule has 1 aromatic rings. The fourth-order valence-corrected chi connectivity index (χ4v) is 3.38. The fourth-order valence-electron chi connectivity index (χ4n) is 3.38. The van der Waals surface area contributed by atoms with E-state index in [0.29, 0.717) is 11.8 Å². The van der Waals surface area contributed by atoms with Crippen LogP contribution in [0.2, 0.25) is 0 Å². The van der Waals surface area contributed by atoms with Crippen molar-refractivity contribution in [2.24, 2.45) is 11.7 Å². The van der Waals surface area contributed by atoms with Gasteiger partial charge in [0.1, 0.15) is 0 Å². The summed E-state index contributed by atoms with van der Waals surface area (Å²) in [6, 6.07) is 0. The predicted molar refractivity (Wildman–Crippen MR) is 80.4 cm³/mol. The van der Waals surface area contributed by atoms with Crippen molar-refractivity contribution in [1.82, 2.24) is 10.1 Å². The number of rotatable bonds is 6. The highest BCUT2D eigenvalue weighted by Crippen LogP contribution is 2.36. The minimum absolute atomic E-state index is 0.470. The van der Waals surface area contributed by atoms with E-state index in [4.69, 9.17) is 10.3 Å². The second-order valence-electron chi connectivity index (χ2n) is 6.63. The minimum Gasteiger partial charge on any atom is -0.337 e. The Morgan fingerprint density at radius 3 is 2.50 bits per heavy atom. The SMILES string of the molecule is CCCC1CCC(c2noc(C(C)(N)CCC)n2)CC1. The Labute approximate surface area is 122 Å². The molecular formula is C16H29N3O. The molecule has 0 bridgehead atoms. The third-order valence-electron chi connectivity index (χ3n) is 4.61. The first-order valence-electron chi connectivity index (χ1n) is 8.19. The molecule has 0 aromatic carbocycles. The van der Waals surface area contributed by atoms with Crippen molar-refractivity contribution in [3.8, 4) is 0 Å². The zero-order chi connectivity index (χ0) is 14.6. The molecule has 0 saturated heterocycles. The minimum atomic E-state index is -0.487. The van der Waals surface area contributed by atoms with E-state index in [-0.39, 0.29) is 0 Å². The van der Waals surface area contributed by atoms with Crippen molar-refractivity contribution in [2.75, 3.05) is 0 Å². The van der Waals surface area contributed by atoms with E-state index in [0.717, 1.165) is 24.6 Å². The zero-order valence-corrected chi connectivity index (χ0v) is 13.2. The van der Waals surface area contributed by atoms with Gasteiger partial charge in [-0.1, -0.05) is 38.3 Å². The molecule has 1 heterocycles. The Kier molecular flexibility index (Phi) is 5.19. The van der Waals surface area contributed by atoms with Gasteiger partial charge in [-0.3, -0.25) is 0 Å². The summed E-state index contributed by atoms with van der Waals surface area (Å²) in [4.78, 5) is 4.59. The number of nitrogens with zero attached hydrogens (tertiary/aromatic N) is 2. The molecular weight excluding hydrogens is 250 g/mol. The molecule has 0 spiro atoms. The van der Waals surface area contributed by atoms with Crippen LogP contribution in [0, 0.1) is 5.92 Å². The highest BCUT2D eigenvalue weighted by molar-refractivity contribution is 5.04. The summed E-state index contributed by atoms with van der Waals surface area (Å²) in [5.74, 6) is 2.85. The highest BCUT2D eigenvalue weighted by Gasteiger charge is 2.30. The molecule has 0 aliphatic heterocycles. The molecule has 20 heavy (non-hydrogen) atoms. The normalized spacial score (nSPS) is 26.4. The molecule has 1 unspecified atom stereocenters. The van der Waals surface area contributed by atoms with E-state index in [1.54, 1.807) is 0 Å². The van der Waals surface area contributed by atoms with Crippen LogP contribution in [-0.4, -0.2) is 10.1 Å². The van der Waals surface area contributed by atoms with Crippen molar-refractivity contribution >= 4 is 0 Å². The van der Waals surface area contributed by atoms with E-state index in [1.807, 2.05) is 6.92 Å². The Balaban J connectivity index is 1.96. The molecule has 1 aliphatic carbocycles. The van der Waals surface area contributed by atoms with Gasteiger partial charge in [0, 0.05) is 5.92 Å². The lowest BCUT2D eigenvalue weighted by atomic mass is 9.80. The zero-order valence-electron chi connectivity index (χ0n) is 13.2. The Morgan fingerprint density at radius 2 is 1.90 bits per heavy atom. The summed E-state index contributed by atoms with van der Waals surface area (Å²) in [6.45, 7) is 6.37. The smallest absolute Gasteiger partial charge is 0.246 e. The Hall–Kier alpha value is -0.900. The van der Waals surface area contributed by atoms with Gasteiger partial charge in [-0.2, -0.15) is 4.98 Å². The fraction of sp³-hybridized carbons (Fsp3) is 0.875. The van der Waals surface area contributed by atoms with Crippen LogP contribution in [0.25, 0.3) is 0 Å². The van der Waals surface area contributed by atoms with Crippen LogP contribution in [0.1, 0.15) is 89.8 Å². The van der Waals surface area contributed by atoms with Crippen LogP contribution in [0.15, 0.2) is 4.52 Å². The molecule has 1 fully saturated rings. The van der Waals surface area contributed by atoms with Crippen LogP contribution in [0.4, 0.5) is 0 Å². The van der Waals surface area contributed by atoms with Gasteiger partial charge in [0.05, 0.1) is 5.54 Å². The van der Waals surface area contributed by atoms with E-state index in [9.17, 15) is 0 Å². The number of hydrogen-bond acceptors (Lipinski definition) is 4. The van der Waals surface area contributed by atoms with Gasteiger partial charge in [-0.25, -0.2) is 0 Å². The van der Waals surface area contributed by atoms with Gasteiger partial charge in [0.2, 0.25) is 5.89 Å². The Bertz CT molecular complexity index is 406. The van der Waals surface area contributed by atoms with Gasteiger partial charge in [-0.15, -0.1) is 0 Å². The Morgan fingerprint density at radius 1 is 1.20 bits per heavy atom. The van der Waals surface area contributed by atoms with Gasteiger partial charge in [0.15, 0.2) is 5.82 Å². The van der Waals surface area contributed by atoms with Gasteiger partial charge in [0.25, 0.3) is 0 Å². The predicted octanol–water partition coefficient (Wildman–Crippen LogP) is 4.12. The van der Waals surface area contributed by atoms with Crippen molar-refractivity contribution in [3.63, 3.8) is 0 Å². The molecule has 0 radical (unpaired) electrons. The quantitative estimate of drug-likeness (QED) is 0.850. The van der Waals surface area contributed by atoms with E-state index >= 15 is 0 Å². The molecule has 114 valence electrons. The summed E-state index contributed by atoms with van der Waals surface area (Å²) in [5.41, 5.74) is 5.77. The van der Waals surface area contributed by atoms with E-state index < -0.39 is 5.54 Å². The van der Waals surface area contributed by atoms with Crippen LogP contribution < -0.4 is 5.73 Å². The van der Waals surface area contributed by atoms with Gasteiger partial charge < -0.3 is 10.3 Å². The molecule has 2 N–H and O–H groups in total. The van der Waals surface area contributed by atoms with Crippen LogP contribution >= 0.6 is 0 Å². The van der Waals surface area contributed by atoms with Crippen LogP contribution in [0.3, 0.4) is 0 Å². The van der Waals surface area contributed by atoms with Gasteiger partial charge in [-0.05, 0) is 44.9 Å². The lowest BCUT2D eigenvalue weighted by molar-refractivity contribution is 0.274. The number of aromatic nitrogens is 2. The summed E-state index contributed by atoms with van der Waals surface area (Å²) in [7, 11) is 0. The maximum absolute atomic E-state index is 6.26. The standard InChI is InChI=1S/C16H29N3O/c1-4-6-12-7-9-13(10-8-12)14-18-15(20-19-14)16(3,17)11-5-2/h12-13H,4-11,17H2,1-3H3. The lowest BCUT2D eigenvalue weighted by Gasteiger charge is -2.26. The average Bonchev–Trinajstić information content (AvgIpc) is 2.90. The maximum atomic E-state index is 6.26. The second-order valence-corrected chi connectivity index (χ2v) is 6.63. The molecule has 1 atom stereocenters. The molecule has 1 saturated carbocycles. The van der Waals surface area contributed by atoms with Crippen molar-refractivity contribution in [3.05, 3.63) is 11.7 Å². The molecule has 4 heteroatoms. The maximum Gasteiger partial charge on any atom is 0.246 e. The van der Waals surface area contributed by atoms with Crippen molar-refractivity contribution < 1.29 is 4.52 Å². The lowest BCUT2D eigenvalue weighted by Crippen LogP contribution is -2.33. The summed E-state index contributed by atoms with van der Waals surface area (Å²) >= 11 is 0. The average molecular weight is 279 g/mol. The molecule has 4 nitrogen and oxygen atoms in total. The van der Waals surface area contributed by atoms with Gasteiger partial charge >= 0.3 is 0 Å². The number of hydrogen-bond donors (Lipinski definition) is 1. The molecule has 1 aromatic heterocycles. The van der Waals surface area contributed by atoms with Crippen LogP contribution in [0.5, 0.6) is 0 Å². The first-order chi connectivity index (χ1) is 9.56. The summed E-state index contributed by atoms with van der Waals surface area (Å²) in [6.07, 6.45) is 9.54. The summed E-state index contributed by atoms with van der Waals surface area (Å²) < 4.78 is 5.42. The van der Waals surface area contributed by atoms with E-state index in [1.165, 1.54) is 38.5 Å². The molecule has 0 amide bonds. The highest BCUT2D eigenvalue weighted by atomic mass is 16.5. The first-order valence-corrected chi connectivity index (χ1v) is 8.19. The second kappa shape index (κ2) is 6.70. The third kappa shape index (κ3) is 3.60. The van der Waals surface area contributed by atoms with E-state index in [2.05, 4.69) is 24.0 Å². The van der Waals surface area contributed by atoms with Crippen molar-refractivity contribution in [1.29, 1.82) is 0 Å². The number of nitrogens with two attached hydrogens (primary N) is 1. The molecule has 1 aliphatic rings. The summed E-state index contributed by atoms with van der Waals surface area (Å²) in [5, 5.41) is 4.19. The molecule has 2 rings (SSSR count). The third-order valence-corrected chi connectivity index (χ3v) is 4.61.